The molecule has 2 rings (SSSR count). The van der Waals surface area contributed by atoms with Crippen molar-refractivity contribution in [3.63, 3.8) is 0 Å². The number of rotatable bonds is 4. The molecule has 0 atom stereocenters. The van der Waals surface area contributed by atoms with Gasteiger partial charge in [-0.1, -0.05) is 44.2 Å². The summed E-state index contributed by atoms with van der Waals surface area (Å²) in [5.41, 5.74) is 2.44. The van der Waals surface area contributed by atoms with Crippen molar-refractivity contribution < 1.29 is 0 Å². The molecule has 19 heavy (non-hydrogen) atoms. The number of nitrogens with one attached hydrogen (secondary N) is 1. The average Bonchev–Trinajstić information content (AvgIpc) is 2.41. The van der Waals surface area contributed by atoms with Gasteiger partial charge >= 0.3 is 0 Å². The van der Waals surface area contributed by atoms with E-state index in [-0.39, 0.29) is 5.56 Å². The maximum Gasteiger partial charge on any atom is 0.254 e. The van der Waals surface area contributed by atoms with Gasteiger partial charge in [-0.2, -0.15) is 0 Å². The largest absolute Gasteiger partial charge is 0.310 e. The first-order chi connectivity index (χ1) is 9.08. The molecule has 0 bridgehead atoms. The van der Waals surface area contributed by atoms with Crippen molar-refractivity contribution in [3.8, 4) is 11.3 Å². The van der Waals surface area contributed by atoms with E-state index in [2.05, 4.69) is 23.8 Å². The third kappa shape index (κ3) is 3.31. The molecule has 0 spiro atoms. The van der Waals surface area contributed by atoms with Crippen LogP contribution >= 0.6 is 0 Å². The lowest BCUT2D eigenvalue weighted by atomic mass is 10.1. The number of hydrogen-bond donors (Lipinski definition) is 1. The second-order valence-electron chi connectivity index (χ2n) is 5.28. The monoisotopic (exact) mass is 256 g/mol. The molecule has 0 saturated heterocycles. The summed E-state index contributed by atoms with van der Waals surface area (Å²) < 4.78 is 0. The number of benzene rings is 1. The first-order valence-corrected chi connectivity index (χ1v) is 6.73. The maximum atomic E-state index is 12.0. The van der Waals surface area contributed by atoms with Crippen LogP contribution in [0.1, 0.15) is 31.7 Å². The van der Waals surface area contributed by atoms with Gasteiger partial charge in [0.15, 0.2) is 0 Å². The second-order valence-corrected chi connectivity index (χ2v) is 5.28. The Kier molecular flexibility index (Phi) is 4.15. The Morgan fingerprint density at radius 2 is 1.89 bits per heavy atom. The molecule has 3 heteroatoms. The van der Waals surface area contributed by atoms with Crippen LogP contribution < -0.4 is 5.56 Å². The Hall–Kier alpha value is -1.90. The zero-order chi connectivity index (χ0) is 13.8. The zero-order valence-electron chi connectivity index (χ0n) is 11.7. The molecular weight excluding hydrogens is 236 g/mol. The number of aromatic nitrogens is 2. The van der Waals surface area contributed by atoms with Crippen LogP contribution in [-0.2, 0) is 6.42 Å². The lowest BCUT2D eigenvalue weighted by molar-refractivity contribution is 0.574. The fourth-order valence-corrected chi connectivity index (χ4v) is 2.00. The molecule has 0 aliphatic heterocycles. The summed E-state index contributed by atoms with van der Waals surface area (Å²) in [5, 5.41) is 0. The zero-order valence-corrected chi connectivity index (χ0v) is 11.7. The minimum atomic E-state index is -0.0346. The van der Waals surface area contributed by atoms with Gasteiger partial charge in [0.05, 0.1) is 5.69 Å². The van der Waals surface area contributed by atoms with Crippen molar-refractivity contribution in [2.75, 3.05) is 0 Å². The average molecular weight is 256 g/mol. The summed E-state index contributed by atoms with van der Waals surface area (Å²) in [6, 6.07) is 9.87. The molecule has 0 radical (unpaired) electrons. The molecule has 0 unspecified atom stereocenters. The molecule has 0 amide bonds. The second kappa shape index (κ2) is 5.83. The van der Waals surface area contributed by atoms with E-state index in [1.807, 2.05) is 37.3 Å². The summed E-state index contributed by atoms with van der Waals surface area (Å²) in [5.74, 6) is 1.38. The van der Waals surface area contributed by atoms with Gasteiger partial charge in [-0.15, -0.1) is 0 Å². The van der Waals surface area contributed by atoms with E-state index < -0.39 is 0 Å². The van der Waals surface area contributed by atoms with Crippen molar-refractivity contribution in [2.45, 2.75) is 33.6 Å². The van der Waals surface area contributed by atoms with E-state index in [9.17, 15) is 4.79 Å². The molecule has 0 saturated carbocycles. The Morgan fingerprint density at radius 1 is 1.21 bits per heavy atom. The lowest BCUT2D eigenvalue weighted by Gasteiger charge is -2.09. The maximum absolute atomic E-state index is 12.0. The number of nitrogens with zero attached hydrogens (tertiary/aromatic N) is 1. The van der Waals surface area contributed by atoms with E-state index in [1.54, 1.807) is 0 Å². The van der Waals surface area contributed by atoms with Gasteiger partial charge < -0.3 is 4.98 Å². The molecule has 1 N–H and O–H groups in total. The van der Waals surface area contributed by atoms with Crippen molar-refractivity contribution in [1.29, 1.82) is 0 Å². The Bertz CT molecular complexity index is 600. The van der Waals surface area contributed by atoms with Crippen LogP contribution in [0.15, 0.2) is 35.1 Å². The quantitative estimate of drug-likeness (QED) is 0.912. The third-order valence-corrected chi connectivity index (χ3v) is 3.21. The molecule has 1 aromatic heterocycles. The van der Waals surface area contributed by atoms with Crippen molar-refractivity contribution in [3.05, 3.63) is 52.1 Å². The summed E-state index contributed by atoms with van der Waals surface area (Å²) in [6.45, 7) is 6.16. The van der Waals surface area contributed by atoms with Crippen molar-refractivity contribution in [2.24, 2.45) is 5.92 Å². The smallest absolute Gasteiger partial charge is 0.254 e. The Labute approximate surface area is 113 Å². The van der Waals surface area contributed by atoms with Crippen LogP contribution in [0.2, 0.25) is 0 Å². The Balaban J connectivity index is 2.41. The summed E-state index contributed by atoms with van der Waals surface area (Å²) in [6.07, 6.45) is 1.84. The predicted molar refractivity (Wildman–Crippen MR) is 78.2 cm³/mol. The van der Waals surface area contributed by atoms with Gasteiger partial charge in [-0.3, -0.25) is 4.79 Å². The standard InChI is InChI=1S/C16H20N2O/c1-11(2)9-10-14-17-15(12(3)16(19)18-14)13-7-5-4-6-8-13/h4-8,11H,9-10H2,1-3H3,(H,17,18,19). The molecule has 1 heterocycles. The SMILES string of the molecule is Cc1c(-c2ccccc2)nc(CCC(C)C)[nH]c1=O. The van der Waals surface area contributed by atoms with E-state index in [0.29, 0.717) is 11.5 Å². The van der Waals surface area contributed by atoms with Crippen LogP contribution in [0.25, 0.3) is 11.3 Å². The third-order valence-electron chi connectivity index (χ3n) is 3.21. The number of hydrogen-bond acceptors (Lipinski definition) is 2. The molecular formula is C16H20N2O. The minimum Gasteiger partial charge on any atom is -0.310 e. The van der Waals surface area contributed by atoms with Crippen LogP contribution in [0.5, 0.6) is 0 Å². The van der Waals surface area contributed by atoms with Crippen LogP contribution in [0.3, 0.4) is 0 Å². The van der Waals surface area contributed by atoms with Gasteiger partial charge in [0, 0.05) is 17.5 Å². The summed E-state index contributed by atoms with van der Waals surface area (Å²) in [7, 11) is 0. The fraction of sp³-hybridized carbons (Fsp3) is 0.375. The molecule has 3 nitrogen and oxygen atoms in total. The van der Waals surface area contributed by atoms with E-state index >= 15 is 0 Å². The van der Waals surface area contributed by atoms with Crippen LogP contribution in [0, 0.1) is 12.8 Å². The highest BCUT2D eigenvalue weighted by molar-refractivity contribution is 5.62. The number of aryl methyl sites for hydroxylation is 1. The van der Waals surface area contributed by atoms with Crippen molar-refractivity contribution >= 4 is 0 Å². The first kappa shape index (κ1) is 13.5. The molecule has 0 aliphatic rings. The minimum absolute atomic E-state index is 0.0346. The lowest BCUT2D eigenvalue weighted by Crippen LogP contribution is -2.16. The molecule has 0 aliphatic carbocycles. The molecule has 2 aromatic rings. The Morgan fingerprint density at radius 3 is 2.53 bits per heavy atom. The first-order valence-electron chi connectivity index (χ1n) is 6.73. The van der Waals surface area contributed by atoms with Gasteiger partial charge in [0.1, 0.15) is 5.82 Å². The molecule has 1 aromatic carbocycles. The number of H-pyrrole nitrogens is 1. The van der Waals surface area contributed by atoms with Crippen molar-refractivity contribution in [1.82, 2.24) is 9.97 Å². The fourth-order valence-electron chi connectivity index (χ4n) is 2.00. The van der Waals surface area contributed by atoms with E-state index in [4.69, 9.17) is 0 Å². The van der Waals surface area contributed by atoms with E-state index in [1.165, 1.54) is 0 Å². The van der Waals surface area contributed by atoms with Gasteiger partial charge in [0.2, 0.25) is 0 Å². The predicted octanol–water partition coefficient (Wildman–Crippen LogP) is 3.33. The highest BCUT2D eigenvalue weighted by Gasteiger charge is 2.09. The van der Waals surface area contributed by atoms with Crippen LogP contribution in [-0.4, -0.2) is 9.97 Å². The summed E-state index contributed by atoms with van der Waals surface area (Å²) >= 11 is 0. The van der Waals surface area contributed by atoms with E-state index in [0.717, 1.165) is 29.9 Å². The van der Waals surface area contributed by atoms with Gasteiger partial charge in [-0.25, -0.2) is 4.98 Å². The molecule has 0 fully saturated rings. The number of aromatic amines is 1. The molecule has 100 valence electrons. The van der Waals surface area contributed by atoms with Gasteiger partial charge in [0.25, 0.3) is 5.56 Å². The summed E-state index contributed by atoms with van der Waals surface area (Å²) in [4.78, 5) is 19.5. The highest BCUT2D eigenvalue weighted by atomic mass is 16.1. The normalized spacial score (nSPS) is 10.9. The van der Waals surface area contributed by atoms with Crippen LogP contribution in [0.4, 0.5) is 0 Å². The topological polar surface area (TPSA) is 45.8 Å². The highest BCUT2D eigenvalue weighted by Crippen LogP contribution is 2.18. The van der Waals surface area contributed by atoms with Gasteiger partial charge in [-0.05, 0) is 19.3 Å².